The van der Waals surface area contributed by atoms with Gasteiger partial charge in [-0.3, -0.25) is 24.2 Å². The van der Waals surface area contributed by atoms with Gasteiger partial charge in [0.15, 0.2) is 5.13 Å². The van der Waals surface area contributed by atoms with E-state index in [-0.39, 0.29) is 43.5 Å². The average Bonchev–Trinajstić information content (AvgIpc) is 3.12. The smallest absolute Gasteiger partial charge is 0.229 e. The summed E-state index contributed by atoms with van der Waals surface area (Å²) in [7, 11) is 0. The van der Waals surface area contributed by atoms with E-state index >= 15 is 0 Å². The topological polar surface area (TPSA) is 82.6 Å². The molecule has 7 nitrogen and oxygen atoms in total. The van der Waals surface area contributed by atoms with E-state index in [4.69, 9.17) is 0 Å². The van der Waals surface area contributed by atoms with Crippen LogP contribution in [-0.4, -0.2) is 52.1 Å². The van der Waals surface area contributed by atoms with Gasteiger partial charge in [0.1, 0.15) is 0 Å². The number of nitrogens with zero attached hydrogens (tertiary/aromatic N) is 3. The molecular formula is C17H24N4O3S. The molecule has 1 aromatic rings. The molecule has 3 rings (SSSR count). The average molecular weight is 364 g/mol. The van der Waals surface area contributed by atoms with Crippen molar-refractivity contribution in [2.24, 2.45) is 5.92 Å². The van der Waals surface area contributed by atoms with Gasteiger partial charge >= 0.3 is 0 Å². The Morgan fingerprint density at radius 1 is 1.36 bits per heavy atom. The Morgan fingerprint density at radius 3 is 2.84 bits per heavy atom. The largest absolute Gasteiger partial charge is 0.302 e. The summed E-state index contributed by atoms with van der Waals surface area (Å²) in [5, 5.41) is 5.31. The number of piperidine rings is 1. The first-order chi connectivity index (χ1) is 12.0. The normalized spacial score (nSPS) is 21.8. The zero-order chi connectivity index (χ0) is 17.8. The third kappa shape index (κ3) is 4.85. The van der Waals surface area contributed by atoms with Crippen LogP contribution in [0.25, 0.3) is 0 Å². The molecule has 1 aromatic heterocycles. The van der Waals surface area contributed by atoms with Crippen molar-refractivity contribution in [2.75, 3.05) is 25.0 Å². The number of hydrogen-bond donors (Lipinski definition) is 1. The molecule has 25 heavy (non-hydrogen) atoms. The van der Waals surface area contributed by atoms with E-state index in [1.165, 1.54) is 29.1 Å². The molecule has 0 aliphatic carbocycles. The number of anilines is 1. The third-order valence-corrected chi connectivity index (χ3v) is 5.45. The number of carbonyl (C=O) groups is 3. The maximum absolute atomic E-state index is 12.0. The van der Waals surface area contributed by atoms with Crippen molar-refractivity contribution < 1.29 is 14.4 Å². The molecule has 1 N–H and O–H groups in total. The Bertz CT molecular complexity index is 644. The Morgan fingerprint density at radius 2 is 2.12 bits per heavy atom. The molecule has 0 saturated carbocycles. The molecule has 0 bridgehead atoms. The van der Waals surface area contributed by atoms with Crippen LogP contribution >= 0.6 is 11.3 Å². The van der Waals surface area contributed by atoms with Gasteiger partial charge in [-0.25, -0.2) is 4.98 Å². The quantitative estimate of drug-likeness (QED) is 0.779. The number of amides is 3. The summed E-state index contributed by atoms with van der Waals surface area (Å²) < 4.78 is 0. The van der Waals surface area contributed by atoms with Crippen LogP contribution in [0.15, 0.2) is 5.38 Å². The summed E-state index contributed by atoms with van der Waals surface area (Å²) >= 11 is 1.41. The van der Waals surface area contributed by atoms with Crippen LogP contribution in [-0.2, 0) is 20.9 Å². The van der Waals surface area contributed by atoms with Crippen molar-refractivity contribution >= 4 is 34.2 Å². The first kappa shape index (κ1) is 18.0. The van der Waals surface area contributed by atoms with Crippen LogP contribution in [0.3, 0.4) is 0 Å². The molecule has 2 aliphatic heterocycles. The van der Waals surface area contributed by atoms with E-state index in [1.54, 1.807) is 0 Å². The molecule has 1 unspecified atom stereocenters. The second-order valence-electron chi connectivity index (χ2n) is 6.86. The number of carbonyl (C=O) groups excluding carboxylic acids is 3. The SMILES string of the molecule is CC1CCCN(Cc2csc(NC(=O)CCN3C(=O)CCC3=O)n2)C1. The second kappa shape index (κ2) is 8.05. The molecule has 8 heteroatoms. The summed E-state index contributed by atoms with van der Waals surface area (Å²) in [4.78, 5) is 43.1. The van der Waals surface area contributed by atoms with Gasteiger partial charge in [-0.05, 0) is 25.3 Å². The van der Waals surface area contributed by atoms with Crippen LogP contribution < -0.4 is 5.32 Å². The van der Waals surface area contributed by atoms with E-state index < -0.39 is 0 Å². The molecule has 2 fully saturated rings. The summed E-state index contributed by atoms with van der Waals surface area (Å²) in [6, 6.07) is 0. The van der Waals surface area contributed by atoms with Gasteiger partial charge in [0, 0.05) is 44.3 Å². The van der Waals surface area contributed by atoms with Crippen molar-refractivity contribution in [3.63, 3.8) is 0 Å². The van der Waals surface area contributed by atoms with Gasteiger partial charge in [0.2, 0.25) is 17.7 Å². The molecule has 0 spiro atoms. The van der Waals surface area contributed by atoms with Gasteiger partial charge < -0.3 is 5.32 Å². The molecule has 136 valence electrons. The van der Waals surface area contributed by atoms with Crippen molar-refractivity contribution in [3.8, 4) is 0 Å². The maximum Gasteiger partial charge on any atom is 0.229 e. The van der Waals surface area contributed by atoms with Crippen molar-refractivity contribution in [2.45, 2.75) is 45.6 Å². The summed E-state index contributed by atoms with van der Waals surface area (Å²) in [5.41, 5.74) is 0.972. The number of hydrogen-bond acceptors (Lipinski definition) is 6. The number of nitrogens with one attached hydrogen (secondary N) is 1. The third-order valence-electron chi connectivity index (χ3n) is 4.64. The van der Waals surface area contributed by atoms with Crippen LogP contribution in [0.1, 0.15) is 44.7 Å². The fourth-order valence-electron chi connectivity index (χ4n) is 3.36. The van der Waals surface area contributed by atoms with Crippen molar-refractivity contribution in [3.05, 3.63) is 11.1 Å². The predicted molar refractivity (Wildman–Crippen MR) is 95.0 cm³/mol. The zero-order valence-electron chi connectivity index (χ0n) is 14.5. The van der Waals surface area contributed by atoms with E-state index in [2.05, 4.69) is 22.1 Å². The summed E-state index contributed by atoms with van der Waals surface area (Å²) in [5.74, 6) is 0.123. The lowest BCUT2D eigenvalue weighted by molar-refractivity contribution is -0.138. The lowest BCUT2D eigenvalue weighted by Gasteiger charge is -2.30. The first-order valence-corrected chi connectivity index (χ1v) is 9.69. The summed E-state index contributed by atoms with van der Waals surface area (Å²) in [6.45, 7) is 5.42. The number of likely N-dealkylation sites (tertiary alicyclic amines) is 2. The Balaban J connectivity index is 1.45. The summed E-state index contributed by atoms with van der Waals surface area (Å²) in [6.07, 6.45) is 3.13. The molecule has 1 atom stereocenters. The fourth-order valence-corrected chi connectivity index (χ4v) is 4.08. The van der Waals surface area contributed by atoms with Gasteiger partial charge in [-0.15, -0.1) is 11.3 Å². The monoisotopic (exact) mass is 364 g/mol. The number of imide groups is 1. The number of aromatic nitrogens is 1. The molecular weight excluding hydrogens is 340 g/mol. The molecule has 0 aromatic carbocycles. The Kier molecular flexibility index (Phi) is 5.80. The lowest BCUT2D eigenvalue weighted by atomic mass is 10.0. The Labute approximate surface area is 151 Å². The van der Waals surface area contributed by atoms with Crippen molar-refractivity contribution in [1.82, 2.24) is 14.8 Å². The second-order valence-corrected chi connectivity index (χ2v) is 7.72. The lowest BCUT2D eigenvalue weighted by Crippen LogP contribution is -2.33. The van der Waals surface area contributed by atoms with Crippen LogP contribution in [0.4, 0.5) is 5.13 Å². The molecule has 2 aliphatic rings. The van der Waals surface area contributed by atoms with Gasteiger partial charge in [0.05, 0.1) is 5.69 Å². The standard InChI is InChI=1S/C17H24N4O3S/c1-12-3-2-7-20(9-12)10-13-11-25-17(18-13)19-14(22)6-8-21-15(23)4-5-16(21)24/h11-12H,2-10H2,1H3,(H,18,19,22). The van der Waals surface area contributed by atoms with Gasteiger partial charge in [0.25, 0.3) is 0 Å². The Hall–Kier alpha value is -1.80. The minimum Gasteiger partial charge on any atom is -0.302 e. The minimum absolute atomic E-state index is 0.107. The van der Waals surface area contributed by atoms with Crippen LogP contribution in [0.5, 0.6) is 0 Å². The van der Waals surface area contributed by atoms with Crippen LogP contribution in [0.2, 0.25) is 0 Å². The number of thiazole rings is 1. The van der Waals surface area contributed by atoms with Crippen LogP contribution in [0, 0.1) is 5.92 Å². The van der Waals surface area contributed by atoms with Crippen molar-refractivity contribution in [1.29, 1.82) is 0 Å². The molecule has 2 saturated heterocycles. The highest BCUT2D eigenvalue weighted by Crippen LogP contribution is 2.21. The zero-order valence-corrected chi connectivity index (χ0v) is 15.3. The molecule has 3 heterocycles. The van der Waals surface area contributed by atoms with Gasteiger partial charge in [-0.1, -0.05) is 6.92 Å². The van der Waals surface area contributed by atoms with Gasteiger partial charge in [-0.2, -0.15) is 0 Å². The minimum atomic E-state index is -0.222. The molecule has 0 radical (unpaired) electrons. The van der Waals surface area contributed by atoms with E-state index in [1.807, 2.05) is 5.38 Å². The fraction of sp³-hybridized carbons (Fsp3) is 0.647. The molecule has 3 amide bonds. The van der Waals surface area contributed by atoms with E-state index in [0.717, 1.165) is 31.2 Å². The highest BCUT2D eigenvalue weighted by atomic mass is 32.1. The first-order valence-electron chi connectivity index (χ1n) is 8.81. The number of rotatable bonds is 6. The highest BCUT2D eigenvalue weighted by Gasteiger charge is 2.28. The maximum atomic E-state index is 12.0. The van der Waals surface area contributed by atoms with E-state index in [9.17, 15) is 14.4 Å². The highest BCUT2D eigenvalue weighted by molar-refractivity contribution is 7.13. The predicted octanol–water partition coefficient (Wildman–Crippen LogP) is 1.85. The van der Waals surface area contributed by atoms with E-state index in [0.29, 0.717) is 5.13 Å².